The summed E-state index contributed by atoms with van der Waals surface area (Å²) in [6, 6.07) is 6.02. The summed E-state index contributed by atoms with van der Waals surface area (Å²) in [5.74, 6) is 0.881. The molecule has 0 amide bonds. The highest BCUT2D eigenvalue weighted by Gasteiger charge is 2.04. The van der Waals surface area contributed by atoms with Gasteiger partial charge in [-0.2, -0.15) is 0 Å². The fourth-order valence-electron chi connectivity index (χ4n) is 1.45. The summed E-state index contributed by atoms with van der Waals surface area (Å²) in [5.41, 5.74) is 0. The molecule has 1 rings (SSSR count). The summed E-state index contributed by atoms with van der Waals surface area (Å²) in [5, 5.41) is 3.29. The molecule has 0 bridgehead atoms. The quantitative estimate of drug-likeness (QED) is 0.761. The van der Waals surface area contributed by atoms with E-state index in [2.05, 4.69) is 19.2 Å². The zero-order valence-corrected chi connectivity index (χ0v) is 11.2. The summed E-state index contributed by atoms with van der Waals surface area (Å²) in [6.45, 7) is 6.14. The van der Waals surface area contributed by atoms with Crippen LogP contribution in [-0.2, 0) is 10.8 Å². The first-order chi connectivity index (χ1) is 8.09. The molecule has 1 aromatic rings. The highest BCUT2D eigenvalue weighted by Crippen LogP contribution is 2.09. The lowest BCUT2D eigenvalue weighted by molar-refractivity contribution is 0.550. The fraction of sp³-hybridized carbons (Fsp3) is 0.538. The van der Waals surface area contributed by atoms with Crippen LogP contribution in [0.2, 0.25) is 0 Å². The third-order valence-electron chi connectivity index (χ3n) is 2.29. The second-order valence-corrected chi connectivity index (χ2v) is 6.03. The Kier molecular flexibility index (Phi) is 6.37. The highest BCUT2D eigenvalue weighted by molar-refractivity contribution is 7.85. The molecule has 0 saturated carbocycles. The van der Waals surface area contributed by atoms with Crippen LogP contribution in [0.3, 0.4) is 0 Å². The monoisotopic (exact) mass is 257 g/mol. The first-order valence-corrected chi connectivity index (χ1v) is 7.26. The molecule has 17 heavy (non-hydrogen) atoms. The summed E-state index contributed by atoms with van der Waals surface area (Å²) in [6.07, 6.45) is 0.843. The minimum absolute atomic E-state index is 0.325. The molecule has 0 heterocycles. The van der Waals surface area contributed by atoms with E-state index in [1.807, 2.05) is 0 Å². The maximum atomic E-state index is 12.9. The molecule has 0 aliphatic carbocycles. The van der Waals surface area contributed by atoms with E-state index in [-0.39, 0.29) is 5.82 Å². The molecule has 2 nitrogen and oxygen atoms in total. The van der Waals surface area contributed by atoms with Gasteiger partial charge in [0.1, 0.15) is 5.82 Å². The third kappa shape index (κ3) is 5.94. The third-order valence-corrected chi connectivity index (χ3v) is 3.73. The topological polar surface area (TPSA) is 29.1 Å². The maximum Gasteiger partial charge on any atom is 0.124 e. The lowest BCUT2D eigenvalue weighted by Crippen LogP contribution is -2.21. The van der Waals surface area contributed by atoms with Gasteiger partial charge < -0.3 is 5.32 Å². The van der Waals surface area contributed by atoms with Crippen LogP contribution in [-0.4, -0.2) is 23.1 Å². The van der Waals surface area contributed by atoms with Crippen molar-refractivity contribution < 1.29 is 8.60 Å². The Hall–Kier alpha value is -0.740. The Morgan fingerprint density at radius 1 is 1.41 bits per heavy atom. The molecule has 1 aromatic carbocycles. The van der Waals surface area contributed by atoms with Gasteiger partial charge >= 0.3 is 0 Å². The maximum absolute atomic E-state index is 12.9. The van der Waals surface area contributed by atoms with Gasteiger partial charge in [-0.05, 0) is 43.6 Å². The normalized spacial score (nSPS) is 12.9. The number of halogens is 1. The summed E-state index contributed by atoms with van der Waals surface area (Å²) in [7, 11) is -1.09. The van der Waals surface area contributed by atoms with Gasteiger partial charge in [0, 0.05) is 10.6 Å². The van der Waals surface area contributed by atoms with Crippen LogP contribution in [0, 0.1) is 11.7 Å². The second kappa shape index (κ2) is 7.56. The smallest absolute Gasteiger partial charge is 0.124 e. The Morgan fingerprint density at radius 2 is 2.18 bits per heavy atom. The SMILES string of the molecule is CC(C)CNCCCS(=O)c1cccc(F)c1. The van der Waals surface area contributed by atoms with Crippen molar-refractivity contribution in [2.24, 2.45) is 5.92 Å². The number of nitrogens with one attached hydrogen (secondary N) is 1. The van der Waals surface area contributed by atoms with Crippen molar-refractivity contribution in [2.45, 2.75) is 25.2 Å². The largest absolute Gasteiger partial charge is 0.316 e. The van der Waals surface area contributed by atoms with Crippen LogP contribution in [0.5, 0.6) is 0 Å². The Labute approximate surface area is 105 Å². The Bertz CT molecular complexity index is 368. The molecule has 0 fully saturated rings. The molecular weight excluding hydrogens is 237 g/mol. The summed E-state index contributed by atoms with van der Waals surface area (Å²) in [4.78, 5) is 0.578. The van der Waals surface area contributed by atoms with E-state index >= 15 is 0 Å². The minimum Gasteiger partial charge on any atom is -0.316 e. The molecule has 0 aliphatic heterocycles. The molecule has 0 spiro atoms. The average Bonchev–Trinajstić information content (AvgIpc) is 2.28. The van der Waals surface area contributed by atoms with Crippen LogP contribution >= 0.6 is 0 Å². The molecule has 0 aliphatic rings. The van der Waals surface area contributed by atoms with E-state index in [4.69, 9.17) is 0 Å². The van der Waals surface area contributed by atoms with E-state index in [9.17, 15) is 8.60 Å². The van der Waals surface area contributed by atoms with Crippen molar-refractivity contribution in [3.63, 3.8) is 0 Å². The minimum atomic E-state index is -1.09. The van der Waals surface area contributed by atoms with E-state index in [0.717, 1.165) is 19.5 Å². The predicted octanol–water partition coefficient (Wildman–Crippen LogP) is 2.57. The zero-order valence-electron chi connectivity index (χ0n) is 10.4. The van der Waals surface area contributed by atoms with Crippen molar-refractivity contribution >= 4 is 10.8 Å². The molecule has 1 atom stereocenters. The standard InChI is InChI=1S/C13H20FNOS/c1-11(2)10-15-7-4-8-17(16)13-6-3-5-12(14)9-13/h3,5-6,9,11,15H,4,7-8,10H2,1-2H3. The lowest BCUT2D eigenvalue weighted by Gasteiger charge is -2.07. The van der Waals surface area contributed by atoms with Crippen molar-refractivity contribution in [3.8, 4) is 0 Å². The van der Waals surface area contributed by atoms with Crippen molar-refractivity contribution in [2.75, 3.05) is 18.8 Å². The first kappa shape index (κ1) is 14.3. The van der Waals surface area contributed by atoms with E-state index in [0.29, 0.717) is 16.6 Å². The molecule has 96 valence electrons. The molecule has 0 aromatic heterocycles. The van der Waals surface area contributed by atoms with Crippen molar-refractivity contribution in [1.82, 2.24) is 5.32 Å². The molecular formula is C13H20FNOS. The molecule has 4 heteroatoms. The second-order valence-electron chi connectivity index (χ2n) is 4.46. The van der Waals surface area contributed by atoms with Crippen LogP contribution < -0.4 is 5.32 Å². The van der Waals surface area contributed by atoms with E-state index in [1.54, 1.807) is 12.1 Å². The van der Waals surface area contributed by atoms with Gasteiger partial charge in [0.05, 0.1) is 10.8 Å². The Balaban J connectivity index is 2.26. The van der Waals surface area contributed by atoms with Crippen LogP contribution in [0.4, 0.5) is 4.39 Å². The number of hydrogen-bond acceptors (Lipinski definition) is 2. The van der Waals surface area contributed by atoms with Crippen molar-refractivity contribution in [1.29, 1.82) is 0 Å². The van der Waals surface area contributed by atoms with E-state index in [1.165, 1.54) is 12.1 Å². The van der Waals surface area contributed by atoms with Gasteiger partial charge in [0.25, 0.3) is 0 Å². The first-order valence-electron chi connectivity index (χ1n) is 5.94. The highest BCUT2D eigenvalue weighted by atomic mass is 32.2. The molecule has 1 unspecified atom stereocenters. The number of rotatable bonds is 7. The summed E-state index contributed by atoms with van der Waals surface area (Å²) >= 11 is 0. The van der Waals surface area contributed by atoms with Gasteiger partial charge in [-0.3, -0.25) is 4.21 Å². The van der Waals surface area contributed by atoms with E-state index < -0.39 is 10.8 Å². The fourth-order valence-corrected chi connectivity index (χ4v) is 2.56. The van der Waals surface area contributed by atoms with Gasteiger partial charge in [0.15, 0.2) is 0 Å². The predicted molar refractivity (Wildman–Crippen MR) is 70.0 cm³/mol. The van der Waals surface area contributed by atoms with Crippen molar-refractivity contribution in [3.05, 3.63) is 30.1 Å². The molecule has 0 saturated heterocycles. The van der Waals surface area contributed by atoms with Gasteiger partial charge in [-0.15, -0.1) is 0 Å². The van der Waals surface area contributed by atoms with Crippen LogP contribution in [0.25, 0.3) is 0 Å². The zero-order chi connectivity index (χ0) is 12.7. The number of benzene rings is 1. The molecule has 0 radical (unpaired) electrons. The lowest BCUT2D eigenvalue weighted by atomic mass is 10.2. The number of hydrogen-bond donors (Lipinski definition) is 1. The van der Waals surface area contributed by atoms with Crippen LogP contribution in [0.15, 0.2) is 29.2 Å². The van der Waals surface area contributed by atoms with Gasteiger partial charge in [-0.25, -0.2) is 4.39 Å². The van der Waals surface area contributed by atoms with Gasteiger partial charge in [-0.1, -0.05) is 19.9 Å². The Morgan fingerprint density at radius 3 is 2.82 bits per heavy atom. The van der Waals surface area contributed by atoms with Crippen LogP contribution in [0.1, 0.15) is 20.3 Å². The van der Waals surface area contributed by atoms with Gasteiger partial charge in [0.2, 0.25) is 0 Å². The summed E-state index contributed by atoms with van der Waals surface area (Å²) < 4.78 is 24.7. The molecule has 1 N–H and O–H groups in total. The average molecular weight is 257 g/mol.